The summed E-state index contributed by atoms with van der Waals surface area (Å²) in [5.74, 6) is 0.111. The molecule has 2 aliphatic rings. The van der Waals surface area contributed by atoms with Crippen LogP contribution >= 0.6 is 0 Å². The van der Waals surface area contributed by atoms with Crippen LogP contribution in [-0.4, -0.2) is 9.38 Å². The van der Waals surface area contributed by atoms with Gasteiger partial charge in [0.15, 0.2) is 0 Å². The summed E-state index contributed by atoms with van der Waals surface area (Å²) in [6.45, 7) is 4.76. The topological polar surface area (TPSA) is 20.5 Å². The number of pyridine rings is 1. The zero-order valence-electron chi connectivity index (χ0n) is 36.4. The molecule has 1 aliphatic heterocycles. The minimum Gasteiger partial charge on any atom is -0.333 e. The number of rotatable bonds is 6. The number of benzene rings is 9. The third kappa shape index (κ3) is 5.85. The molecule has 0 saturated heterocycles. The summed E-state index contributed by atoms with van der Waals surface area (Å²) in [4.78, 5) is 7.76. The third-order valence-electron chi connectivity index (χ3n) is 14.4. The van der Waals surface area contributed by atoms with Gasteiger partial charge in [0.25, 0.3) is 0 Å². The Balaban J connectivity index is 0.933. The van der Waals surface area contributed by atoms with Gasteiger partial charge in [0, 0.05) is 40.0 Å². The van der Waals surface area contributed by atoms with Crippen LogP contribution in [0.5, 0.6) is 0 Å². The second kappa shape index (κ2) is 14.5. The molecule has 2 aromatic heterocycles. The normalized spacial score (nSPS) is 15.9. The maximum absolute atomic E-state index is 5.11. The molecule has 0 bridgehead atoms. The number of nitrogens with zero attached hydrogens (tertiary/aromatic N) is 3. The SMILES string of the molecule is CC1(C)c2ccccc2-c2ccc(N3c4cc5ccc6cc(-c7ccc(-c8nc9ccccn9c8-c8ccccc8)cc7)ccc6c5cc4C(c4ccccc4)C3c3ccccc3)cc21. The van der Waals surface area contributed by atoms with Crippen molar-refractivity contribution in [2.45, 2.75) is 31.2 Å². The van der Waals surface area contributed by atoms with E-state index >= 15 is 0 Å². The molecule has 0 N–H and O–H groups in total. The minimum atomic E-state index is -0.101. The van der Waals surface area contributed by atoms with E-state index < -0.39 is 0 Å². The monoisotopic (exact) mass is 831 g/mol. The Morgan fingerprint density at radius 2 is 1.11 bits per heavy atom. The minimum absolute atomic E-state index is 0.0560. The Hall–Kier alpha value is -8.01. The first-order chi connectivity index (χ1) is 32.0. The fraction of sp³-hybridized carbons (Fsp3) is 0.0806. The van der Waals surface area contributed by atoms with Crippen molar-refractivity contribution in [1.29, 1.82) is 0 Å². The first-order valence-electron chi connectivity index (χ1n) is 22.8. The van der Waals surface area contributed by atoms with Crippen LogP contribution in [0.1, 0.15) is 53.6 Å². The molecule has 11 aromatic rings. The van der Waals surface area contributed by atoms with Crippen LogP contribution in [0.4, 0.5) is 11.4 Å². The zero-order valence-corrected chi connectivity index (χ0v) is 36.4. The quantitative estimate of drug-likeness (QED) is 0.156. The van der Waals surface area contributed by atoms with Gasteiger partial charge in [-0.25, -0.2) is 4.98 Å². The van der Waals surface area contributed by atoms with Gasteiger partial charge in [-0.2, -0.15) is 0 Å². The first-order valence-corrected chi connectivity index (χ1v) is 22.8. The molecule has 9 aromatic carbocycles. The van der Waals surface area contributed by atoms with Crippen molar-refractivity contribution in [3.63, 3.8) is 0 Å². The lowest BCUT2D eigenvalue weighted by molar-refractivity contribution is 0.649. The van der Waals surface area contributed by atoms with Crippen molar-refractivity contribution in [1.82, 2.24) is 9.38 Å². The molecule has 2 atom stereocenters. The second-order valence-electron chi connectivity index (χ2n) is 18.3. The van der Waals surface area contributed by atoms with Gasteiger partial charge in [0.2, 0.25) is 0 Å². The zero-order chi connectivity index (χ0) is 43.2. The van der Waals surface area contributed by atoms with E-state index in [4.69, 9.17) is 4.98 Å². The fourth-order valence-electron chi connectivity index (χ4n) is 11.3. The Labute approximate surface area is 379 Å². The van der Waals surface area contributed by atoms with Crippen molar-refractivity contribution in [2.75, 3.05) is 4.90 Å². The van der Waals surface area contributed by atoms with Crippen LogP contribution in [0.2, 0.25) is 0 Å². The van der Waals surface area contributed by atoms with Crippen molar-refractivity contribution in [2.24, 2.45) is 0 Å². The van der Waals surface area contributed by atoms with Gasteiger partial charge in [0.1, 0.15) is 5.65 Å². The predicted octanol–water partition coefficient (Wildman–Crippen LogP) is 16.0. The predicted molar refractivity (Wildman–Crippen MR) is 270 cm³/mol. The molecule has 0 spiro atoms. The fourth-order valence-corrected chi connectivity index (χ4v) is 11.3. The van der Waals surface area contributed by atoms with E-state index in [-0.39, 0.29) is 17.4 Å². The van der Waals surface area contributed by atoms with Crippen LogP contribution in [-0.2, 0) is 5.41 Å². The smallest absolute Gasteiger partial charge is 0.137 e. The number of imidazole rings is 1. The molecule has 3 heteroatoms. The molecule has 308 valence electrons. The Morgan fingerprint density at radius 3 is 1.89 bits per heavy atom. The Kier molecular flexibility index (Phi) is 8.38. The van der Waals surface area contributed by atoms with Gasteiger partial charge >= 0.3 is 0 Å². The third-order valence-corrected chi connectivity index (χ3v) is 14.4. The molecule has 3 heterocycles. The number of hydrogen-bond acceptors (Lipinski definition) is 2. The molecule has 1 aliphatic carbocycles. The number of aromatic nitrogens is 2. The van der Waals surface area contributed by atoms with Crippen LogP contribution in [0.25, 0.3) is 72.0 Å². The largest absolute Gasteiger partial charge is 0.333 e. The summed E-state index contributed by atoms with van der Waals surface area (Å²) in [7, 11) is 0. The summed E-state index contributed by atoms with van der Waals surface area (Å²) in [5.41, 5.74) is 19.5. The molecular weight excluding hydrogens is 787 g/mol. The van der Waals surface area contributed by atoms with E-state index in [1.54, 1.807) is 0 Å². The summed E-state index contributed by atoms with van der Waals surface area (Å²) >= 11 is 0. The van der Waals surface area contributed by atoms with E-state index in [1.165, 1.54) is 83.0 Å². The average Bonchev–Trinajstić information content (AvgIpc) is 3.99. The summed E-state index contributed by atoms with van der Waals surface area (Å²) in [6, 6.07) is 80.8. The van der Waals surface area contributed by atoms with Gasteiger partial charge in [-0.1, -0.05) is 190 Å². The van der Waals surface area contributed by atoms with Crippen molar-refractivity contribution >= 4 is 38.6 Å². The molecule has 2 unspecified atom stereocenters. The van der Waals surface area contributed by atoms with Crippen LogP contribution in [0.3, 0.4) is 0 Å². The average molecular weight is 832 g/mol. The van der Waals surface area contributed by atoms with Crippen LogP contribution < -0.4 is 4.90 Å². The van der Waals surface area contributed by atoms with Gasteiger partial charge in [-0.05, 0) is 114 Å². The van der Waals surface area contributed by atoms with E-state index in [1.807, 2.05) is 6.07 Å². The lowest BCUT2D eigenvalue weighted by Crippen LogP contribution is -2.23. The van der Waals surface area contributed by atoms with Gasteiger partial charge in [-0.3, -0.25) is 4.40 Å². The maximum Gasteiger partial charge on any atom is 0.137 e. The van der Waals surface area contributed by atoms with Crippen molar-refractivity contribution < 1.29 is 0 Å². The number of anilines is 2. The number of hydrogen-bond donors (Lipinski definition) is 0. The Bertz CT molecular complexity index is 3620. The van der Waals surface area contributed by atoms with Gasteiger partial charge in [-0.15, -0.1) is 0 Å². The molecular formula is C62H45N3. The highest BCUT2D eigenvalue weighted by atomic mass is 15.2. The lowest BCUT2D eigenvalue weighted by Gasteiger charge is -2.32. The van der Waals surface area contributed by atoms with E-state index in [2.05, 4.69) is 242 Å². The molecule has 3 nitrogen and oxygen atoms in total. The van der Waals surface area contributed by atoms with E-state index in [0.717, 1.165) is 28.2 Å². The van der Waals surface area contributed by atoms with E-state index in [9.17, 15) is 0 Å². The summed E-state index contributed by atoms with van der Waals surface area (Å²) in [5, 5.41) is 5.02. The first kappa shape index (κ1) is 37.5. The number of fused-ring (bicyclic) bond motifs is 8. The molecule has 0 fully saturated rings. The molecule has 0 amide bonds. The standard InChI is InChI=1S/C62H45N3/c1-62(2)54-23-13-12-22-50(54)51-34-32-48(38-55(51)62)65-56-37-47-30-29-46-36-45(40-25-27-42(28-26-40)59-61(44-20-10-5-11-21-44)64-35-15-14-24-57(64)63-59)31-33-49(46)52(47)39-53(56)58(41-16-6-3-7-17-41)60(65)43-18-8-4-9-19-43/h3-39,58,60H,1-2H3. The van der Waals surface area contributed by atoms with Gasteiger partial charge in [0.05, 0.1) is 17.4 Å². The Morgan fingerprint density at radius 1 is 0.462 bits per heavy atom. The molecule has 0 radical (unpaired) electrons. The van der Waals surface area contributed by atoms with E-state index in [0.29, 0.717) is 0 Å². The highest BCUT2D eigenvalue weighted by Gasteiger charge is 2.43. The second-order valence-corrected chi connectivity index (χ2v) is 18.3. The highest BCUT2D eigenvalue weighted by Crippen LogP contribution is 2.58. The van der Waals surface area contributed by atoms with Gasteiger partial charge < -0.3 is 4.90 Å². The molecule has 65 heavy (non-hydrogen) atoms. The molecule has 13 rings (SSSR count). The maximum atomic E-state index is 5.11. The summed E-state index contributed by atoms with van der Waals surface area (Å²) in [6.07, 6.45) is 2.10. The summed E-state index contributed by atoms with van der Waals surface area (Å²) < 4.78 is 2.19. The van der Waals surface area contributed by atoms with Crippen LogP contribution in [0, 0.1) is 0 Å². The highest BCUT2D eigenvalue weighted by molar-refractivity contribution is 6.10. The molecule has 0 saturated carbocycles. The lowest BCUT2D eigenvalue weighted by atomic mass is 9.82. The van der Waals surface area contributed by atoms with Crippen molar-refractivity contribution in [3.8, 4) is 44.8 Å². The van der Waals surface area contributed by atoms with Crippen molar-refractivity contribution in [3.05, 3.63) is 252 Å². The van der Waals surface area contributed by atoms with Crippen LogP contribution in [0.15, 0.2) is 225 Å².